The van der Waals surface area contributed by atoms with Gasteiger partial charge in [0.05, 0.1) is 5.56 Å². The second-order valence-electron chi connectivity index (χ2n) is 5.09. The van der Waals surface area contributed by atoms with Crippen molar-refractivity contribution in [1.29, 1.82) is 5.26 Å². The molecule has 0 aliphatic heterocycles. The van der Waals surface area contributed by atoms with Crippen molar-refractivity contribution < 1.29 is 4.79 Å². The van der Waals surface area contributed by atoms with Crippen LogP contribution in [0.5, 0.6) is 0 Å². The molecule has 1 saturated carbocycles. The van der Waals surface area contributed by atoms with Gasteiger partial charge in [-0.05, 0) is 31.3 Å². The largest absolute Gasteiger partial charge is 0.317 e. The number of nitriles is 1. The first-order chi connectivity index (χ1) is 9.19. The fourth-order valence-corrected chi connectivity index (χ4v) is 3.47. The van der Waals surface area contributed by atoms with Crippen LogP contribution in [0.4, 0.5) is 5.00 Å². The lowest BCUT2D eigenvalue weighted by Crippen LogP contribution is -2.47. The van der Waals surface area contributed by atoms with Gasteiger partial charge in [0.2, 0.25) is 5.91 Å². The van der Waals surface area contributed by atoms with E-state index in [9.17, 15) is 4.79 Å². The molecule has 0 bridgehead atoms. The van der Waals surface area contributed by atoms with Crippen LogP contribution in [0.25, 0.3) is 0 Å². The second kappa shape index (κ2) is 6.18. The number of hydrogen-bond donors (Lipinski definition) is 2. The molecule has 1 aromatic heterocycles. The number of amides is 1. The van der Waals surface area contributed by atoms with Crippen molar-refractivity contribution in [1.82, 2.24) is 5.32 Å². The van der Waals surface area contributed by atoms with Crippen LogP contribution in [0.3, 0.4) is 0 Å². The molecule has 1 heterocycles. The highest BCUT2D eigenvalue weighted by Gasteiger charge is 2.32. The Labute approximate surface area is 117 Å². The smallest absolute Gasteiger partial charge is 0.226 e. The summed E-state index contributed by atoms with van der Waals surface area (Å²) >= 11 is 1.40. The highest BCUT2D eigenvalue weighted by molar-refractivity contribution is 7.14. The quantitative estimate of drug-likeness (QED) is 0.889. The van der Waals surface area contributed by atoms with Crippen LogP contribution in [0.1, 0.15) is 44.1 Å². The minimum Gasteiger partial charge on any atom is -0.317 e. The maximum Gasteiger partial charge on any atom is 0.226 e. The van der Waals surface area contributed by atoms with Gasteiger partial charge in [0.25, 0.3) is 0 Å². The molecule has 102 valence electrons. The standard InChI is InChI=1S/C14H19N3OS/c1-16-14(6-3-2-4-7-14)9-12(18)17-13-11(10-15)5-8-19-13/h5,8,16H,2-4,6-7,9H2,1H3,(H,17,18). The molecule has 1 fully saturated rings. The van der Waals surface area contributed by atoms with E-state index in [4.69, 9.17) is 5.26 Å². The molecule has 1 aliphatic rings. The van der Waals surface area contributed by atoms with Gasteiger partial charge in [0.15, 0.2) is 0 Å². The highest BCUT2D eigenvalue weighted by atomic mass is 32.1. The Morgan fingerprint density at radius 3 is 2.84 bits per heavy atom. The van der Waals surface area contributed by atoms with Crippen LogP contribution >= 0.6 is 11.3 Å². The summed E-state index contributed by atoms with van der Waals surface area (Å²) in [7, 11) is 1.93. The van der Waals surface area contributed by atoms with Crippen LogP contribution in [-0.2, 0) is 4.79 Å². The first kappa shape index (κ1) is 14.0. The minimum absolute atomic E-state index is 0.00444. The Bertz CT molecular complexity index is 483. The SMILES string of the molecule is CNC1(CC(=O)Nc2sccc2C#N)CCCCC1. The predicted octanol–water partition coefficient (Wildman–Crippen LogP) is 2.87. The molecular weight excluding hydrogens is 258 g/mol. The van der Waals surface area contributed by atoms with E-state index < -0.39 is 0 Å². The zero-order valence-corrected chi connectivity index (χ0v) is 12.0. The summed E-state index contributed by atoms with van der Waals surface area (Å²) in [6.07, 6.45) is 6.19. The van der Waals surface area contributed by atoms with Crippen LogP contribution in [0.2, 0.25) is 0 Å². The van der Waals surface area contributed by atoms with Gasteiger partial charge in [-0.1, -0.05) is 19.3 Å². The monoisotopic (exact) mass is 277 g/mol. The molecule has 0 unspecified atom stereocenters. The van der Waals surface area contributed by atoms with Crippen molar-refractivity contribution in [2.75, 3.05) is 12.4 Å². The molecule has 2 N–H and O–H groups in total. The van der Waals surface area contributed by atoms with Gasteiger partial charge >= 0.3 is 0 Å². The fourth-order valence-electron chi connectivity index (χ4n) is 2.72. The van der Waals surface area contributed by atoms with Gasteiger partial charge in [-0.2, -0.15) is 5.26 Å². The van der Waals surface area contributed by atoms with Gasteiger partial charge in [-0.3, -0.25) is 4.79 Å². The van der Waals surface area contributed by atoms with Crippen molar-refractivity contribution in [3.05, 3.63) is 17.0 Å². The lowest BCUT2D eigenvalue weighted by molar-refractivity contribution is -0.117. The zero-order valence-electron chi connectivity index (χ0n) is 11.2. The van der Waals surface area contributed by atoms with Crippen LogP contribution in [-0.4, -0.2) is 18.5 Å². The zero-order chi connectivity index (χ0) is 13.7. The van der Waals surface area contributed by atoms with E-state index in [0.29, 0.717) is 17.0 Å². The lowest BCUT2D eigenvalue weighted by Gasteiger charge is -2.36. The number of rotatable bonds is 4. The van der Waals surface area contributed by atoms with Crippen molar-refractivity contribution in [2.45, 2.75) is 44.1 Å². The van der Waals surface area contributed by atoms with Crippen LogP contribution < -0.4 is 10.6 Å². The molecule has 4 nitrogen and oxygen atoms in total. The normalized spacial score (nSPS) is 17.7. The van der Waals surface area contributed by atoms with Crippen molar-refractivity contribution in [3.8, 4) is 6.07 Å². The van der Waals surface area contributed by atoms with Crippen molar-refractivity contribution >= 4 is 22.2 Å². The molecule has 0 radical (unpaired) electrons. The molecule has 1 aromatic rings. The number of nitrogens with zero attached hydrogens (tertiary/aromatic N) is 1. The number of hydrogen-bond acceptors (Lipinski definition) is 4. The third-order valence-electron chi connectivity index (χ3n) is 3.88. The summed E-state index contributed by atoms with van der Waals surface area (Å²) in [4.78, 5) is 12.2. The molecule has 2 rings (SSSR count). The Hall–Kier alpha value is -1.38. The molecule has 5 heteroatoms. The van der Waals surface area contributed by atoms with E-state index >= 15 is 0 Å². The predicted molar refractivity (Wildman–Crippen MR) is 77.2 cm³/mol. The molecule has 0 saturated heterocycles. The molecule has 0 atom stereocenters. The molecule has 0 aromatic carbocycles. The maximum atomic E-state index is 12.2. The van der Waals surface area contributed by atoms with E-state index in [0.717, 1.165) is 12.8 Å². The van der Waals surface area contributed by atoms with Gasteiger partial charge in [0.1, 0.15) is 11.1 Å². The Kier molecular flexibility index (Phi) is 4.56. The van der Waals surface area contributed by atoms with E-state index in [1.165, 1.54) is 30.6 Å². The maximum absolute atomic E-state index is 12.2. The van der Waals surface area contributed by atoms with Crippen LogP contribution in [0.15, 0.2) is 11.4 Å². The first-order valence-electron chi connectivity index (χ1n) is 6.65. The van der Waals surface area contributed by atoms with E-state index in [1.54, 1.807) is 6.07 Å². The van der Waals surface area contributed by atoms with Crippen LogP contribution in [0, 0.1) is 11.3 Å². The van der Waals surface area contributed by atoms with Gasteiger partial charge in [0, 0.05) is 12.0 Å². The van der Waals surface area contributed by atoms with Gasteiger partial charge < -0.3 is 10.6 Å². The van der Waals surface area contributed by atoms with Gasteiger partial charge in [-0.15, -0.1) is 11.3 Å². The number of nitrogens with one attached hydrogen (secondary N) is 2. The topological polar surface area (TPSA) is 64.9 Å². The van der Waals surface area contributed by atoms with Crippen molar-refractivity contribution in [3.63, 3.8) is 0 Å². The van der Waals surface area contributed by atoms with E-state index in [2.05, 4.69) is 16.7 Å². The van der Waals surface area contributed by atoms with Crippen molar-refractivity contribution in [2.24, 2.45) is 0 Å². The van der Waals surface area contributed by atoms with Gasteiger partial charge in [-0.25, -0.2) is 0 Å². The Balaban J connectivity index is 1.99. The molecule has 1 aliphatic carbocycles. The number of thiophene rings is 1. The number of carbonyl (C=O) groups excluding carboxylic acids is 1. The summed E-state index contributed by atoms with van der Waals surface area (Å²) < 4.78 is 0. The highest BCUT2D eigenvalue weighted by Crippen LogP contribution is 2.31. The first-order valence-corrected chi connectivity index (χ1v) is 7.53. The fraction of sp³-hybridized carbons (Fsp3) is 0.571. The molecule has 19 heavy (non-hydrogen) atoms. The summed E-state index contributed by atoms with van der Waals surface area (Å²) in [5, 5.41) is 17.6. The van der Waals surface area contributed by atoms with E-state index in [-0.39, 0.29) is 11.4 Å². The Morgan fingerprint density at radius 1 is 1.47 bits per heavy atom. The summed E-state index contributed by atoms with van der Waals surface area (Å²) in [6, 6.07) is 3.82. The summed E-state index contributed by atoms with van der Waals surface area (Å²) in [5.74, 6) is -0.00444. The lowest BCUT2D eigenvalue weighted by atomic mass is 9.79. The molecule has 1 amide bonds. The second-order valence-corrected chi connectivity index (χ2v) is 6.01. The third-order valence-corrected chi connectivity index (χ3v) is 4.71. The average molecular weight is 277 g/mol. The third kappa shape index (κ3) is 3.34. The summed E-state index contributed by atoms with van der Waals surface area (Å²) in [6.45, 7) is 0. The molecular formula is C14H19N3OS. The number of carbonyl (C=O) groups is 1. The Morgan fingerprint density at radius 2 is 2.21 bits per heavy atom. The summed E-state index contributed by atoms with van der Waals surface area (Å²) in [5.41, 5.74) is 0.479. The minimum atomic E-state index is -0.0631. The average Bonchev–Trinajstić information content (AvgIpc) is 2.86. The molecule has 0 spiro atoms. The number of anilines is 1. The van der Waals surface area contributed by atoms with E-state index in [1.807, 2.05) is 12.4 Å².